The van der Waals surface area contributed by atoms with Crippen molar-refractivity contribution in [3.63, 3.8) is 0 Å². The number of nitrogens with one attached hydrogen (secondary N) is 2. The number of hydrogen-bond acceptors (Lipinski definition) is 7. The van der Waals surface area contributed by atoms with Gasteiger partial charge in [-0.3, -0.25) is 9.59 Å². The van der Waals surface area contributed by atoms with Gasteiger partial charge in [0.05, 0.1) is 32.0 Å². The molecular weight excluding hydrogens is 402 g/mol. The van der Waals surface area contributed by atoms with Gasteiger partial charge in [-0.05, 0) is 24.3 Å². The Kier molecular flexibility index (Phi) is 6.40. The first-order valence-electron chi connectivity index (χ1n) is 8.43. The smallest absolute Gasteiger partial charge is 0.259 e. The highest BCUT2D eigenvalue weighted by molar-refractivity contribution is 6.33. The van der Waals surface area contributed by atoms with Crippen LogP contribution in [-0.2, 0) is 4.79 Å². The lowest BCUT2D eigenvalue weighted by molar-refractivity contribution is -0.120. The fraction of sp³-hybridized carbons (Fsp3) is 0.211. The standard InChI is InChI=1S/C19H18ClN3O6/c1-26-14-4-3-11(5-15(14)27-2)19(25)21-9-18(24)23-22-8-12-6-16-17(7-13(12)20)29-10-28-16/h3-8H,9-10H2,1-2H3,(H,21,25)(H,23,24)/b22-8+. The van der Waals surface area contributed by atoms with Gasteiger partial charge in [-0.25, -0.2) is 5.43 Å². The van der Waals surface area contributed by atoms with E-state index in [-0.39, 0.29) is 13.3 Å². The number of hydrogen-bond donors (Lipinski definition) is 2. The Morgan fingerprint density at radius 3 is 2.59 bits per heavy atom. The summed E-state index contributed by atoms with van der Waals surface area (Å²) in [4.78, 5) is 24.1. The Hall–Kier alpha value is -3.46. The van der Waals surface area contributed by atoms with E-state index in [0.717, 1.165) is 0 Å². The van der Waals surface area contributed by atoms with Gasteiger partial charge in [-0.1, -0.05) is 11.6 Å². The summed E-state index contributed by atoms with van der Waals surface area (Å²) in [5, 5.41) is 6.73. The molecule has 0 saturated carbocycles. The number of amides is 2. The van der Waals surface area contributed by atoms with Crippen molar-refractivity contribution in [2.45, 2.75) is 0 Å². The van der Waals surface area contributed by atoms with E-state index in [0.29, 0.717) is 39.1 Å². The van der Waals surface area contributed by atoms with Crippen LogP contribution in [0.5, 0.6) is 23.0 Å². The van der Waals surface area contributed by atoms with E-state index in [2.05, 4.69) is 15.8 Å². The van der Waals surface area contributed by atoms with Crippen molar-refractivity contribution >= 4 is 29.6 Å². The first kappa shape index (κ1) is 20.3. The van der Waals surface area contributed by atoms with E-state index in [1.165, 1.54) is 26.5 Å². The predicted octanol–water partition coefficient (Wildman–Crippen LogP) is 1.97. The largest absolute Gasteiger partial charge is 0.493 e. The number of halogens is 1. The fourth-order valence-corrected chi connectivity index (χ4v) is 2.69. The summed E-state index contributed by atoms with van der Waals surface area (Å²) in [5.41, 5.74) is 3.19. The molecule has 0 saturated heterocycles. The Bertz CT molecular complexity index is 963. The number of methoxy groups -OCH3 is 2. The zero-order valence-corrected chi connectivity index (χ0v) is 16.4. The van der Waals surface area contributed by atoms with E-state index in [4.69, 9.17) is 30.5 Å². The lowest BCUT2D eigenvalue weighted by Gasteiger charge is -2.09. The normalized spacial score (nSPS) is 12.0. The molecule has 0 atom stereocenters. The number of nitrogens with zero attached hydrogens (tertiary/aromatic N) is 1. The predicted molar refractivity (Wildman–Crippen MR) is 105 cm³/mol. The molecule has 0 aliphatic carbocycles. The van der Waals surface area contributed by atoms with Crippen molar-refractivity contribution in [2.24, 2.45) is 5.10 Å². The number of hydrazone groups is 1. The second-order valence-electron chi connectivity index (χ2n) is 5.77. The molecule has 9 nitrogen and oxygen atoms in total. The van der Waals surface area contributed by atoms with Crippen LogP contribution in [0.3, 0.4) is 0 Å². The molecule has 0 aromatic heterocycles. The summed E-state index contributed by atoms with van der Waals surface area (Å²) in [6.45, 7) is -0.137. The van der Waals surface area contributed by atoms with Crippen LogP contribution in [-0.4, -0.2) is 45.6 Å². The molecule has 152 valence electrons. The minimum atomic E-state index is -0.507. The molecular formula is C19H18ClN3O6. The number of rotatable bonds is 7. The third-order valence-corrected chi connectivity index (χ3v) is 4.27. The van der Waals surface area contributed by atoms with Crippen LogP contribution in [0, 0.1) is 0 Å². The topological polar surface area (TPSA) is 107 Å². The monoisotopic (exact) mass is 419 g/mol. The second kappa shape index (κ2) is 9.16. The molecule has 2 aromatic rings. The van der Waals surface area contributed by atoms with Gasteiger partial charge in [-0.2, -0.15) is 5.10 Å². The molecule has 3 rings (SSSR count). The van der Waals surface area contributed by atoms with Gasteiger partial charge >= 0.3 is 0 Å². The van der Waals surface area contributed by atoms with Crippen LogP contribution in [0.4, 0.5) is 0 Å². The van der Waals surface area contributed by atoms with E-state index in [1.54, 1.807) is 24.3 Å². The lowest BCUT2D eigenvalue weighted by atomic mass is 10.2. The van der Waals surface area contributed by atoms with Gasteiger partial charge in [-0.15, -0.1) is 0 Å². The summed E-state index contributed by atoms with van der Waals surface area (Å²) < 4.78 is 20.8. The molecule has 29 heavy (non-hydrogen) atoms. The van der Waals surface area contributed by atoms with Crippen LogP contribution >= 0.6 is 11.6 Å². The van der Waals surface area contributed by atoms with Crippen molar-refractivity contribution in [1.82, 2.24) is 10.7 Å². The summed E-state index contributed by atoms with van der Waals surface area (Å²) in [6, 6.07) is 7.95. The molecule has 0 radical (unpaired) electrons. The molecule has 2 aromatic carbocycles. The summed E-state index contributed by atoms with van der Waals surface area (Å²) in [6.07, 6.45) is 1.37. The molecule has 0 spiro atoms. The van der Waals surface area contributed by atoms with Crippen molar-refractivity contribution in [3.8, 4) is 23.0 Å². The zero-order chi connectivity index (χ0) is 20.8. The Morgan fingerprint density at radius 1 is 1.14 bits per heavy atom. The highest BCUT2D eigenvalue weighted by atomic mass is 35.5. The number of carbonyl (C=O) groups is 2. The quantitative estimate of drug-likeness (QED) is 0.524. The highest BCUT2D eigenvalue weighted by Crippen LogP contribution is 2.36. The molecule has 0 fully saturated rings. The molecule has 0 bridgehead atoms. The first-order valence-corrected chi connectivity index (χ1v) is 8.81. The molecule has 10 heteroatoms. The van der Waals surface area contributed by atoms with Crippen LogP contribution in [0.1, 0.15) is 15.9 Å². The Balaban J connectivity index is 1.52. The maximum atomic E-state index is 12.2. The third kappa shape index (κ3) is 4.88. The number of ether oxygens (including phenoxy) is 4. The highest BCUT2D eigenvalue weighted by Gasteiger charge is 2.16. The van der Waals surface area contributed by atoms with Crippen molar-refractivity contribution < 1.29 is 28.5 Å². The Morgan fingerprint density at radius 2 is 1.86 bits per heavy atom. The number of carbonyl (C=O) groups excluding carboxylic acids is 2. The number of fused-ring (bicyclic) bond motifs is 1. The second-order valence-corrected chi connectivity index (χ2v) is 6.18. The van der Waals surface area contributed by atoms with Gasteiger partial charge in [0.15, 0.2) is 23.0 Å². The fourth-order valence-electron chi connectivity index (χ4n) is 2.49. The van der Waals surface area contributed by atoms with E-state index in [1.807, 2.05) is 0 Å². The van der Waals surface area contributed by atoms with Crippen molar-refractivity contribution in [3.05, 3.63) is 46.5 Å². The van der Waals surface area contributed by atoms with Gasteiger partial charge in [0.2, 0.25) is 6.79 Å². The van der Waals surface area contributed by atoms with Crippen LogP contribution in [0.15, 0.2) is 35.4 Å². The average molecular weight is 420 g/mol. The van der Waals surface area contributed by atoms with E-state index in [9.17, 15) is 9.59 Å². The SMILES string of the molecule is COc1ccc(C(=O)NCC(=O)N/N=C/c2cc3c(cc2Cl)OCO3)cc1OC. The summed E-state index contributed by atoms with van der Waals surface area (Å²) >= 11 is 6.12. The van der Waals surface area contributed by atoms with Crippen molar-refractivity contribution in [2.75, 3.05) is 27.6 Å². The van der Waals surface area contributed by atoms with Gasteiger partial charge in [0.1, 0.15) is 0 Å². The minimum absolute atomic E-state index is 0.128. The molecule has 1 aliphatic rings. The van der Waals surface area contributed by atoms with Gasteiger partial charge in [0.25, 0.3) is 11.8 Å². The van der Waals surface area contributed by atoms with Gasteiger partial charge in [0, 0.05) is 17.2 Å². The van der Waals surface area contributed by atoms with E-state index < -0.39 is 11.8 Å². The Labute approximate surface area is 171 Å². The van der Waals surface area contributed by atoms with Crippen LogP contribution in [0.25, 0.3) is 0 Å². The molecule has 1 heterocycles. The molecule has 1 aliphatic heterocycles. The zero-order valence-electron chi connectivity index (χ0n) is 15.7. The molecule has 0 unspecified atom stereocenters. The maximum absolute atomic E-state index is 12.2. The van der Waals surface area contributed by atoms with Crippen molar-refractivity contribution in [1.29, 1.82) is 0 Å². The van der Waals surface area contributed by atoms with Crippen LogP contribution in [0.2, 0.25) is 5.02 Å². The van der Waals surface area contributed by atoms with Crippen LogP contribution < -0.4 is 29.7 Å². The maximum Gasteiger partial charge on any atom is 0.259 e. The minimum Gasteiger partial charge on any atom is -0.493 e. The average Bonchev–Trinajstić information content (AvgIpc) is 3.18. The molecule has 2 amide bonds. The summed E-state index contributed by atoms with van der Waals surface area (Å²) in [5.74, 6) is 1.06. The van der Waals surface area contributed by atoms with E-state index >= 15 is 0 Å². The lowest BCUT2D eigenvalue weighted by Crippen LogP contribution is -2.34. The van der Waals surface area contributed by atoms with Gasteiger partial charge < -0.3 is 24.3 Å². The molecule has 2 N–H and O–H groups in total. The summed E-state index contributed by atoms with van der Waals surface area (Å²) in [7, 11) is 2.97. The number of benzene rings is 2. The third-order valence-electron chi connectivity index (χ3n) is 3.94. The first-order chi connectivity index (χ1) is 14.0.